The molecule has 0 aliphatic heterocycles. The van der Waals surface area contributed by atoms with Gasteiger partial charge in [0, 0.05) is 12.6 Å². The van der Waals surface area contributed by atoms with Gasteiger partial charge in [0.25, 0.3) is 0 Å². The molecule has 0 spiro atoms. The molecule has 0 saturated heterocycles. The lowest BCUT2D eigenvalue weighted by atomic mass is 9.55. The Labute approximate surface area is 160 Å². The summed E-state index contributed by atoms with van der Waals surface area (Å²) >= 11 is 0. The van der Waals surface area contributed by atoms with Crippen molar-refractivity contribution in [2.45, 2.75) is 69.9 Å². The molecule has 0 aromatic heterocycles. The SMILES string of the molecule is CC(O)(CNC1CCC2C3CCc4cc(O)ccc4C3CC[C@]12C)C(=O)O. The summed E-state index contributed by atoms with van der Waals surface area (Å²) in [6.45, 7) is 3.81. The molecule has 0 amide bonds. The summed E-state index contributed by atoms with van der Waals surface area (Å²) in [5.41, 5.74) is 1.17. The van der Waals surface area contributed by atoms with Crippen molar-refractivity contribution in [1.29, 1.82) is 0 Å². The van der Waals surface area contributed by atoms with Gasteiger partial charge in [-0.15, -0.1) is 0 Å². The molecular weight excluding hydrogens is 342 g/mol. The van der Waals surface area contributed by atoms with Crippen molar-refractivity contribution in [2.75, 3.05) is 6.54 Å². The first-order chi connectivity index (χ1) is 12.7. The first kappa shape index (κ1) is 18.8. The number of carbonyl (C=O) groups is 1. The second-order valence-electron chi connectivity index (χ2n) is 9.43. The Bertz CT molecular complexity index is 746. The number of phenolic OH excluding ortho intramolecular Hbond substituents is 1. The highest BCUT2D eigenvalue weighted by atomic mass is 16.4. The number of fused-ring (bicyclic) bond motifs is 5. The van der Waals surface area contributed by atoms with Crippen molar-refractivity contribution in [3.63, 3.8) is 0 Å². The number of hydrogen-bond acceptors (Lipinski definition) is 4. The predicted molar refractivity (Wildman–Crippen MR) is 103 cm³/mol. The van der Waals surface area contributed by atoms with Gasteiger partial charge in [-0.05, 0) is 91.9 Å². The van der Waals surface area contributed by atoms with Crippen molar-refractivity contribution in [1.82, 2.24) is 5.32 Å². The lowest BCUT2D eigenvalue weighted by Crippen LogP contribution is -2.53. The summed E-state index contributed by atoms with van der Waals surface area (Å²) in [6.07, 6.45) is 6.67. The van der Waals surface area contributed by atoms with E-state index in [9.17, 15) is 20.1 Å². The standard InChI is InChI=1S/C22H31NO4/c1-21-10-9-16-15-6-4-14(24)11-13(15)3-5-17(16)18(21)7-8-19(21)23-12-22(2,27)20(25)26/h4,6,11,16-19,23-24,27H,3,5,7-10,12H2,1-2H3,(H,25,26)/t16?,17?,18?,19?,21-,22?/m0/s1. The highest BCUT2D eigenvalue weighted by molar-refractivity contribution is 5.76. The van der Waals surface area contributed by atoms with Crippen molar-refractivity contribution < 1.29 is 20.1 Å². The maximum absolute atomic E-state index is 11.2. The van der Waals surface area contributed by atoms with E-state index in [0.29, 0.717) is 23.5 Å². The number of aromatic hydroxyl groups is 1. The van der Waals surface area contributed by atoms with Gasteiger partial charge in [-0.3, -0.25) is 0 Å². The molecule has 148 valence electrons. The second-order valence-corrected chi connectivity index (χ2v) is 9.43. The summed E-state index contributed by atoms with van der Waals surface area (Å²) in [5.74, 6) is 1.06. The molecule has 27 heavy (non-hydrogen) atoms. The van der Waals surface area contributed by atoms with Crippen molar-refractivity contribution in [3.8, 4) is 5.75 Å². The molecule has 0 heterocycles. The fourth-order valence-electron chi connectivity index (χ4n) is 6.30. The zero-order chi connectivity index (χ0) is 19.4. The normalized spacial score (nSPS) is 37.0. The molecule has 1 aromatic rings. The Morgan fingerprint density at radius 3 is 2.81 bits per heavy atom. The molecule has 6 atom stereocenters. The molecule has 4 N–H and O–H groups in total. The Kier molecular flexibility index (Phi) is 4.51. The number of nitrogens with one attached hydrogen (secondary N) is 1. The average molecular weight is 373 g/mol. The Morgan fingerprint density at radius 1 is 1.30 bits per heavy atom. The number of phenols is 1. The number of carboxylic acid groups (broad SMARTS) is 1. The quantitative estimate of drug-likeness (QED) is 0.651. The third-order valence-corrected chi connectivity index (χ3v) is 7.86. The van der Waals surface area contributed by atoms with E-state index >= 15 is 0 Å². The predicted octanol–water partition coefficient (Wildman–Crippen LogP) is 3.04. The van der Waals surface area contributed by atoms with Crippen LogP contribution in [0.3, 0.4) is 0 Å². The van der Waals surface area contributed by atoms with Crippen molar-refractivity contribution in [3.05, 3.63) is 29.3 Å². The summed E-state index contributed by atoms with van der Waals surface area (Å²) < 4.78 is 0. The lowest BCUT2D eigenvalue weighted by molar-refractivity contribution is -0.156. The first-order valence-corrected chi connectivity index (χ1v) is 10.2. The van der Waals surface area contributed by atoms with E-state index in [2.05, 4.69) is 18.3 Å². The number of carboxylic acids is 1. The summed E-state index contributed by atoms with van der Waals surface area (Å²) in [5, 5.41) is 32.4. The zero-order valence-electron chi connectivity index (χ0n) is 16.2. The summed E-state index contributed by atoms with van der Waals surface area (Å²) in [4.78, 5) is 11.2. The van der Waals surface area contributed by atoms with Crippen LogP contribution in [0.1, 0.15) is 63.0 Å². The van der Waals surface area contributed by atoms with Crippen LogP contribution in [0, 0.1) is 17.3 Å². The molecule has 1 aromatic carbocycles. The van der Waals surface area contributed by atoms with Gasteiger partial charge in [0.2, 0.25) is 0 Å². The van der Waals surface area contributed by atoms with Crippen LogP contribution in [0.5, 0.6) is 5.75 Å². The van der Waals surface area contributed by atoms with Crippen LogP contribution in [0.4, 0.5) is 0 Å². The Morgan fingerprint density at radius 2 is 2.07 bits per heavy atom. The van der Waals surface area contributed by atoms with E-state index in [1.54, 1.807) is 0 Å². The van der Waals surface area contributed by atoms with Gasteiger partial charge < -0.3 is 20.6 Å². The van der Waals surface area contributed by atoms with E-state index in [4.69, 9.17) is 0 Å². The van der Waals surface area contributed by atoms with Crippen LogP contribution in [0.25, 0.3) is 0 Å². The van der Waals surface area contributed by atoms with Gasteiger partial charge in [0.15, 0.2) is 5.60 Å². The van der Waals surface area contributed by atoms with Crippen LogP contribution in [-0.2, 0) is 11.2 Å². The van der Waals surface area contributed by atoms with Crippen LogP contribution in [0.15, 0.2) is 18.2 Å². The Balaban J connectivity index is 1.52. The third kappa shape index (κ3) is 3.05. The molecule has 3 aliphatic rings. The molecular formula is C22H31NO4. The minimum Gasteiger partial charge on any atom is -0.508 e. The molecule has 2 fully saturated rings. The Hall–Kier alpha value is -1.59. The molecule has 2 saturated carbocycles. The van der Waals surface area contributed by atoms with E-state index in [1.165, 1.54) is 24.5 Å². The molecule has 3 aliphatic carbocycles. The van der Waals surface area contributed by atoms with Crippen molar-refractivity contribution >= 4 is 5.97 Å². The smallest absolute Gasteiger partial charge is 0.336 e. The number of aryl methyl sites for hydroxylation is 1. The number of rotatable bonds is 4. The fourth-order valence-corrected chi connectivity index (χ4v) is 6.30. The van der Waals surface area contributed by atoms with Crippen LogP contribution >= 0.6 is 0 Å². The molecule has 5 nitrogen and oxygen atoms in total. The van der Waals surface area contributed by atoms with Crippen LogP contribution in [0.2, 0.25) is 0 Å². The van der Waals surface area contributed by atoms with E-state index in [1.807, 2.05) is 12.1 Å². The topological polar surface area (TPSA) is 89.8 Å². The van der Waals surface area contributed by atoms with Crippen molar-refractivity contribution in [2.24, 2.45) is 17.3 Å². The maximum atomic E-state index is 11.2. The van der Waals surface area contributed by atoms with Crippen LogP contribution < -0.4 is 5.32 Å². The van der Waals surface area contributed by atoms with Gasteiger partial charge in [0.1, 0.15) is 5.75 Å². The zero-order valence-corrected chi connectivity index (χ0v) is 16.2. The van der Waals surface area contributed by atoms with E-state index < -0.39 is 11.6 Å². The van der Waals surface area contributed by atoms with Crippen LogP contribution in [-0.4, -0.2) is 39.5 Å². The number of benzene rings is 1. The summed E-state index contributed by atoms with van der Waals surface area (Å²) in [6, 6.07) is 6.14. The van der Waals surface area contributed by atoms with Gasteiger partial charge in [-0.1, -0.05) is 13.0 Å². The molecule has 0 radical (unpaired) electrons. The lowest BCUT2D eigenvalue weighted by Gasteiger charge is -2.51. The minimum absolute atomic E-state index is 0.0888. The largest absolute Gasteiger partial charge is 0.508 e. The monoisotopic (exact) mass is 373 g/mol. The number of hydrogen-bond donors (Lipinski definition) is 4. The van der Waals surface area contributed by atoms with Gasteiger partial charge in [0.05, 0.1) is 0 Å². The summed E-state index contributed by atoms with van der Waals surface area (Å²) in [7, 11) is 0. The third-order valence-electron chi connectivity index (χ3n) is 7.86. The van der Waals surface area contributed by atoms with E-state index in [-0.39, 0.29) is 18.0 Å². The minimum atomic E-state index is -1.72. The fraction of sp³-hybridized carbons (Fsp3) is 0.682. The van der Waals surface area contributed by atoms with E-state index in [0.717, 1.165) is 32.1 Å². The molecule has 5 unspecified atom stereocenters. The molecule has 5 heteroatoms. The first-order valence-electron chi connectivity index (χ1n) is 10.2. The molecule has 4 rings (SSSR count). The highest BCUT2D eigenvalue weighted by Gasteiger charge is 2.54. The number of aliphatic hydroxyl groups is 1. The second kappa shape index (κ2) is 6.49. The maximum Gasteiger partial charge on any atom is 0.336 e. The highest BCUT2D eigenvalue weighted by Crippen LogP contribution is 2.60. The number of aliphatic carboxylic acids is 1. The van der Waals surface area contributed by atoms with Gasteiger partial charge in [-0.25, -0.2) is 4.79 Å². The molecule has 0 bridgehead atoms. The average Bonchev–Trinajstić information content (AvgIpc) is 2.96. The van der Waals surface area contributed by atoms with Gasteiger partial charge in [-0.2, -0.15) is 0 Å². The van der Waals surface area contributed by atoms with Gasteiger partial charge >= 0.3 is 5.97 Å².